The molecule has 0 spiro atoms. The molecule has 2 heterocycles. The van der Waals surface area contributed by atoms with Gasteiger partial charge in [-0.3, -0.25) is 4.79 Å². The van der Waals surface area contributed by atoms with Gasteiger partial charge in [0.15, 0.2) is 0 Å². The van der Waals surface area contributed by atoms with Gasteiger partial charge in [-0.05, 0) is 12.1 Å². The maximum absolute atomic E-state index is 12.2. The van der Waals surface area contributed by atoms with Crippen LogP contribution in [-0.2, 0) is 9.53 Å². The zero-order chi connectivity index (χ0) is 14.8. The van der Waals surface area contributed by atoms with E-state index in [1.165, 1.54) is 12.1 Å². The van der Waals surface area contributed by atoms with E-state index >= 15 is 0 Å². The highest BCUT2D eigenvalue weighted by molar-refractivity contribution is 6.34. The molecule has 0 aromatic carbocycles. The van der Waals surface area contributed by atoms with Crippen LogP contribution in [0.25, 0.3) is 0 Å². The lowest BCUT2D eigenvalue weighted by Crippen LogP contribution is -2.57. The number of halogens is 2. The average molecular weight is 319 g/mol. The van der Waals surface area contributed by atoms with Crippen LogP contribution in [0, 0.1) is 0 Å². The zero-order valence-corrected chi connectivity index (χ0v) is 11.9. The molecule has 1 fully saturated rings. The van der Waals surface area contributed by atoms with E-state index in [0.29, 0.717) is 0 Å². The standard InChI is InChI=1S/C12H12Cl2N2O4/c13-7-1-2-8(14)15-9(7)10(17)16-12(11(18)19)3-5-20-6-4-12/h1-2H,3-6H2,(H,16,17)(H,18,19). The summed E-state index contributed by atoms with van der Waals surface area (Å²) < 4.78 is 5.13. The van der Waals surface area contributed by atoms with Crippen LogP contribution >= 0.6 is 23.2 Å². The van der Waals surface area contributed by atoms with Gasteiger partial charge in [0.1, 0.15) is 16.4 Å². The fraction of sp³-hybridized carbons (Fsp3) is 0.417. The molecule has 1 saturated heterocycles. The lowest BCUT2D eigenvalue weighted by Gasteiger charge is -2.33. The fourth-order valence-corrected chi connectivity index (χ4v) is 2.30. The third kappa shape index (κ3) is 3.03. The van der Waals surface area contributed by atoms with Crippen molar-refractivity contribution in [2.45, 2.75) is 18.4 Å². The number of aliphatic carboxylic acids is 1. The highest BCUT2D eigenvalue weighted by Gasteiger charge is 2.42. The van der Waals surface area contributed by atoms with Crippen molar-refractivity contribution in [3.8, 4) is 0 Å². The minimum absolute atomic E-state index is 0.0914. The van der Waals surface area contributed by atoms with Crippen molar-refractivity contribution < 1.29 is 19.4 Å². The van der Waals surface area contributed by atoms with Crippen LogP contribution in [0.3, 0.4) is 0 Å². The van der Waals surface area contributed by atoms with Gasteiger partial charge in [-0.1, -0.05) is 23.2 Å². The van der Waals surface area contributed by atoms with Crippen LogP contribution < -0.4 is 5.32 Å². The van der Waals surface area contributed by atoms with Crippen molar-refractivity contribution in [2.75, 3.05) is 13.2 Å². The Morgan fingerprint density at radius 1 is 1.30 bits per heavy atom. The predicted molar refractivity (Wildman–Crippen MR) is 72.1 cm³/mol. The molecule has 8 heteroatoms. The van der Waals surface area contributed by atoms with Gasteiger partial charge in [0, 0.05) is 26.1 Å². The first-order chi connectivity index (χ1) is 9.44. The van der Waals surface area contributed by atoms with Crippen LogP contribution in [0.15, 0.2) is 12.1 Å². The molecule has 1 aromatic heterocycles. The van der Waals surface area contributed by atoms with Crippen LogP contribution in [0.1, 0.15) is 23.3 Å². The lowest BCUT2D eigenvalue weighted by atomic mass is 9.90. The number of nitrogens with one attached hydrogen (secondary N) is 1. The summed E-state index contributed by atoms with van der Waals surface area (Å²) in [6, 6.07) is 2.88. The molecular weight excluding hydrogens is 307 g/mol. The number of pyridine rings is 1. The largest absolute Gasteiger partial charge is 0.480 e. The molecule has 2 rings (SSSR count). The normalized spacial score (nSPS) is 17.5. The molecule has 1 aliphatic rings. The SMILES string of the molecule is O=C(NC1(C(=O)O)CCOCC1)c1nc(Cl)ccc1Cl. The summed E-state index contributed by atoms with van der Waals surface area (Å²) in [7, 11) is 0. The summed E-state index contributed by atoms with van der Waals surface area (Å²) in [6.07, 6.45) is 0.374. The third-order valence-corrected chi connectivity index (χ3v) is 3.65. The number of carboxylic acids is 1. The first-order valence-electron chi connectivity index (χ1n) is 5.90. The van der Waals surface area contributed by atoms with E-state index in [2.05, 4.69) is 10.3 Å². The van der Waals surface area contributed by atoms with E-state index in [0.717, 1.165) is 0 Å². The summed E-state index contributed by atoms with van der Waals surface area (Å²) in [5.74, 6) is -1.77. The molecule has 1 aromatic rings. The number of carboxylic acid groups (broad SMARTS) is 1. The molecule has 0 aliphatic carbocycles. The molecule has 0 saturated carbocycles. The molecule has 1 aliphatic heterocycles. The van der Waals surface area contributed by atoms with Gasteiger partial charge in [0.2, 0.25) is 0 Å². The first kappa shape index (κ1) is 15.0. The fourth-order valence-electron chi connectivity index (χ4n) is 1.97. The smallest absolute Gasteiger partial charge is 0.329 e. The number of rotatable bonds is 3. The molecule has 0 atom stereocenters. The Bertz CT molecular complexity index is 544. The van der Waals surface area contributed by atoms with E-state index in [9.17, 15) is 14.7 Å². The summed E-state index contributed by atoms with van der Waals surface area (Å²) in [4.78, 5) is 27.4. The number of hydrogen-bond acceptors (Lipinski definition) is 4. The Balaban J connectivity index is 2.24. The van der Waals surface area contributed by atoms with Crippen molar-refractivity contribution in [1.82, 2.24) is 10.3 Å². The molecule has 0 radical (unpaired) electrons. The quantitative estimate of drug-likeness (QED) is 0.829. The highest BCUT2D eigenvalue weighted by atomic mass is 35.5. The minimum Gasteiger partial charge on any atom is -0.480 e. The Morgan fingerprint density at radius 2 is 1.95 bits per heavy atom. The maximum Gasteiger partial charge on any atom is 0.329 e. The van der Waals surface area contributed by atoms with E-state index in [1.807, 2.05) is 0 Å². The summed E-state index contributed by atoms with van der Waals surface area (Å²) >= 11 is 11.6. The molecule has 2 N–H and O–H groups in total. The predicted octanol–water partition coefficient (Wildman–Crippen LogP) is 1.75. The Morgan fingerprint density at radius 3 is 2.55 bits per heavy atom. The number of carbonyl (C=O) groups is 2. The van der Waals surface area contributed by atoms with E-state index in [4.69, 9.17) is 27.9 Å². The van der Waals surface area contributed by atoms with Crippen molar-refractivity contribution >= 4 is 35.1 Å². The highest BCUT2D eigenvalue weighted by Crippen LogP contribution is 2.23. The molecule has 108 valence electrons. The van der Waals surface area contributed by atoms with Crippen molar-refractivity contribution in [2.24, 2.45) is 0 Å². The van der Waals surface area contributed by atoms with Crippen molar-refractivity contribution in [3.63, 3.8) is 0 Å². The number of nitrogens with zero attached hydrogens (tertiary/aromatic N) is 1. The summed E-state index contributed by atoms with van der Waals surface area (Å²) in [5, 5.41) is 12.1. The number of amides is 1. The van der Waals surface area contributed by atoms with Crippen LogP contribution in [0.2, 0.25) is 10.2 Å². The van der Waals surface area contributed by atoms with E-state index in [-0.39, 0.29) is 41.9 Å². The van der Waals surface area contributed by atoms with Gasteiger partial charge >= 0.3 is 5.97 Å². The van der Waals surface area contributed by atoms with Gasteiger partial charge in [-0.25, -0.2) is 9.78 Å². The monoisotopic (exact) mass is 318 g/mol. The van der Waals surface area contributed by atoms with Gasteiger partial charge in [0.25, 0.3) is 5.91 Å². The third-order valence-electron chi connectivity index (χ3n) is 3.14. The Hall–Kier alpha value is -1.37. The number of aromatic nitrogens is 1. The molecular formula is C12H12Cl2N2O4. The molecule has 0 bridgehead atoms. The van der Waals surface area contributed by atoms with Crippen LogP contribution in [0.5, 0.6) is 0 Å². The Labute approximate surface area is 125 Å². The summed E-state index contributed by atoms with van der Waals surface area (Å²) in [5.41, 5.74) is -1.45. The zero-order valence-electron chi connectivity index (χ0n) is 10.4. The molecule has 20 heavy (non-hydrogen) atoms. The van der Waals surface area contributed by atoms with E-state index in [1.54, 1.807) is 0 Å². The molecule has 0 unspecified atom stereocenters. The minimum atomic E-state index is -1.36. The second kappa shape index (κ2) is 5.95. The Kier molecular flexibility index (Phi) is 4.47. The van der Waals surface area contributed by atoms with Gasteiger partial charge in [-0.15, -0.1) is 0 Å². The number of ether oxygens (including phenoxy) is 1. The van der Waals surface area contributed by atoms with Crippen molar-refractivity contribution in [1.29, 1.82) is 0 Å². The van der Waals surface area contributed by atoms with Gasteiger partial charge < -0.3 is 15.2 Å². The van der Waals surface area contributed by atoms with Crippen molar-refractivity contribution in [3.05, 3.63) is 28.0 Å². The second-order valence-corrected chi connectivity index (χ2v) is 5.21. The van der Waals surface area contributed by atoms with E-state index < -0.39 is 17.4 Å². The molecule has 6 nitrogen and oxygen atoms in total. The lowest BCUT2D eigenvalue weighted by molar-refractivity contribution is -0.148. The number of carbonyl (C=O) groups excluding carboxylic acids is 1. The maximum atomic E-state index is 12.2. The average Bonchev–Trinajstić information content (AvgIpc) is 2.42. The van der Waals surface area contributed by atoms with Gasteiger partial charge in [0.05, 0.1) is 5.02 Å². The van der Waals surface area contributed by atoms with Gasteiger partial charge in [-0.2, -0.15) is 0 Å². The van der Waals surface area contributed by atoms with Crippen LogP contribution in [0.4, 0.5) is 0 Å². The number of hydrogen-bond donors (Lipinski definition) is 2. The molecule has 1 amide bonds. The van der Waals surface area contributed by atoms with Crippen LogP contribution in [-0.4, -0.2) is 40.7 Å². The second-order valence-electron chi connectivity index (χ2n) is 4.42. The first-order valence-corrected chi connectivity index (χ1v) is 6.66. The topological polar surface area (TPSA) is 88.5 Å². The summed E-state index contributed by atoms with van der Waals surface area (Å²) in [6.45, 7) is 0.534.